The van der Waals surface area contributed by atoms with Crippen molar-refractivity contribution in [1.29, 1.82) is 0 Å². The number of methoxy groups -OCH3 is 2. The van der Waals surface area contributed by atoms with E-state index in [1.54, 1.807) is 20.3 Å². The minimum absolute atomic E-state index is 0.214. The summed E-state index contributed by atoms with van der Waals surface area (Å²) in [6, 6.07) is 3.71. The Labute approximate surface area is 95.1 Å². The summed E-state index contributed by atoms with van der Waals surface area (Å²) in [6.07, 6.45) is 0. The van der Waals surface area contributed by atoms with E-state index in [-0.39, 0.29) is 5.92 Å². The van der Waals surface area contributed by atoms with E-state index in [4.69, 9.17) is 26.8 Å². The molecule has 1 unspecified atom stereocenters. The Kier molecular flexibility index (Phi) is 4.24. The molecule has 3 nitrogen and oxygen atoms in total. The summed E-state index contributed by atoms with van der Waals surface area (Å²) in [5, 5.41) is 0.544. The molecule has 0 fully saturated rings. The third kappa shape index (κ3) is 2.36. The van der Waals surface area contributed by atoms with E-state index >= 15 is 0 Å². The van der Waals surface area contributed by atoms with Crippen LogP contribution >= 0.6 is 11.6 Å². The summed E-state index contributed by atoms with van der Waals surface area (Å²) in [5.41, 5.74) is 6.64. The largest absolute Gasteiger partial charge is 0.493 e. The lowest BCUT2D eigenvalue weighted by Gasteiger charge is -2.17. The van der Waals surface area contributed by atoms with Crippen LogP contribution in [0.15, 0.2) is 12.1 Å². The Morgan fingerprint density at radius 3 is 2.33 bits per heavy atom. The maximum Gasteiger partial charge on any atom is 0.179 e. The van der Waals surface area contributed by atoms with Gasteiger partial charge < -0.3 is 15.2 Å². The van der Waals surface area contributed by atoms with Gasteiger partial charge in [0.05, 0.1) is 19.2 Å². The van der Waals surface area contributed by atoms with Gasteiger partial charge in [-0.05, 0) is 18.5 Å². The second-order valence-corrected chi connectivity index (χ2v) is 3.75. The normalized spacial score (nSPS) is 12.3. The number of rotatable bonds is 4. The number of hydrogen-bond acceptors (Lipinski definition) is 3. The van der Waals surface area contributed by atoms with Crippen molar-refractivity contribution in [2.24, 2.45) is 5.73 Å². The van der Waals surface area contributed by atoms with Crippen LogP contribution in [0.3, 0.4) is 0 Å². The number of nitrogens with two attached hydrogens (primary N) is 1. The topological polar surface area (TPSA) is 44.5 Å². The maximum atomic E-state index is 5.99. The van der Waals surface area contributed by atoms with Crippen molar-refractivity contribution in [3.8, 4) is 11.5 Å². The van der Waals surface area contributed by atoms with Gasteiger partial charge in [0.25, 0.3) is 0 Å². The van der Waals surface area contributed by atoms with Crippen LogP contribution < -0.4 is 15.2 Å². The van der Waals surface area contributed by atoms with Gasteiger partial charge in [-0.15, -0.1) is 0 Å². The van der Waals surface area contributed by atoms with Crippen molar-refractivity contribution in [2.45, 2.75) is 12.8 Å². The molecule has 0 bridgehead atoms. The molecule has 0 spiro atoms. The zero-order chi connectivity index (χ0) is 11.4. The fraction of sp³-hybridized carbons (Fsp3) is 0.455. The van der Waals surface area contributed by atoms with Gasteiger partial charge in [-0.3, -0.25) is 0 Å². The standard InChI is InChI=1S/C11H16ClNO2/c1-7(6-13)8-4-5-9(12)11(15-3)10(8)14-2/h4-5,7H,6,13H2,1-3H3. The van der Waals surface area contributed by atoms with Crippen molar-refractivity contribution in [1.82, 2.24) is 0 Å². The first-order chi connectivity index (χ1) is 7.15. The Morgan fingerprint density at radius 2 is 1.87 bits per heavy atom. The predicted molar refractivity (Wildman–Crippen MR) is 62.0 cm³/mol. The second kappa shape index (κ2) is 5.24. The third-order valence-corrected chi connectivity index (χ3v) is 2.68. The van der Waals surface area contributed by atoms with Gasteiger partial charge in [-0.25, -0.2) is 0 Å². The van der Waals surface area contributed by atoms with Gasteiger partial charge in [0.1, 0.15) is 0 Å². The molecule has 15 heavy (non-hydrogen) atoms. The van der Waals surface area contributed by atoms with Crippen molar-refractivity contribution in [2.75, 3.05) is 20.8 Å². The highest BCUT2D eigenvalue weighted by molar-refractivity contribution is 6.32. The summed E-state index contributed by atoms with van der Waals surface area (Å²) in [7, 11) is 3.17. The molecule has 0 aliphatic rings. The highest BCUT2D eigenvalue weighted by Crippen LogP contribution is 2.40. The van der Waals surface area contributed by atoms with Crippen LogP contribution in [-0.4, -0.2) is 20.8 Å². The fourth-order valence-electron chi connectivity index (χ4n) is 1.47. The zero-order valence-electron chi connectivity index (χ0n) is 9.21. The van der Waals surface area contributed by atoms with E-state index in [1.165, 1.54) is 0 Å². The number of halogens is 1. The molecule has 0 amide bonds. The van der Waals surface area contributed by atoms with Gasteiger partial charge in [0.15, 0.2) is 11.5 Å². The first kappa shape index (κ1) is 12.1. The highest BCUT2D eigenvalue weighted by Gasteiger charge is 2.17. The van der Waals surface area contributed by atoms with Gasteiger partial charge in [-0.2, -0.15) is 0 Å². The Hall–Kier alpha value is -0.930. The van der Waals surface area contributed by atoms with Crippen LogP contribution in [0, 0.1) is 0 Å². The Bertz CT molecular complexity index is 342. The molecule has 1 aromatic carbocycles. The van der Waals surface area contributed by atoms with Crippen molar-refractivity contribution in [3.63, 3.8) is 0 Å². The van der Waals surface area contributed by atoms with E-state index < -0.39 is 0 Å². The fourth-order valence-corrected chi connectivity index (χ4v) is 1.70. The molecule has 0 heterocycles. The molecule has 1 atom stereocenters. The molecule has 1 aromatic rings. The highest BCUT2D eigenvalue weighted by atomic mass is 35.5. The molecule has 0 saturated carbocycles. The molecule has 0 aliphatic carbocycles. The summed E-state index contributed by atoms with van der Waals surface area (Å²) in [4.78, 5) is 0. The monoisotopic (exact) mass is 229 g/mol. The molecule has 0 saturated heterocycles. The van der Waals surface area contributed by atoms with Crippen LogP contribution in [-0.2, 0) is 0 Å². The minimum Gasteiger partial charge on any atom is -0.493 e. The molecule has 0 radical (unpaired) electrons. The van der Waals surface area contributed by atoms with Crippen LogP contribution in [0.25, 0.3) is 0 Å². The molecule has 2 N–H and O–H groups in total. The number of benzene rings is 1. The Morgan fingerprint density at radius 1 is 1.27 bits per heavy atom. The lowest BCUT2D eigenvalue weighted by Crippen LogP contribution is -2.10. The molecule has 4 heteroatoms. The molecule has 84 valence electrons. The van der Waals surface area contributed by atoms with Gasteiger partial charge >= 0.3 is 0 Å². The average molecular weight is 230 g/mol. The maximum absolute atomic E-state index is 5.99. The molecule has 1 rings (SSSR count). The van der Waals surface area contributed by atoms with Gasteiger partial charge in [-0.1, -0.05) is 24.6 Å². The molecule has 0 aliphatic heterocycles. The van der Waals surface area contributed by atoms with Crippen LogP contribution in [0.2, 0.25) is 5.02 Å². The lowest BCUT2D eigenvalue weighted by molar-refractivity contribution is 0.350. The molecule has 0 aromatic heterocycles. The lowest BCUT2D eigenvalue weighted by atomic mass is 10.00. The van der Waals surface area contributed by atoms with Gasteiger partial charge in [0.2, 0.25) is 0 Å². The summed E-state index contributed by atoms with van der Waals surface area (Å²) in [6.45, 7) is 2.59. The summed E-state index contributed by atoms with van der Waals surface area (Å²) < 4.78 is 10.5. The first-order valence-corrected chi connectivity index (χ1v) is 5.13. The van der Waals surface area contributed by atoms with Crippen LogP contribution in [0.1, 0.15) is 18.4 Å². The van der Waals surface area contributed by atoms with E-state index in [0.717, 1.165) is 5.56 Å². The average Bonchev–Trinajstić information content (AvgIpc) is 2.27. The minimum atomic E-state index is 0.214. The third-order valence-electron chi connectivity index (χ3n) is 2.39. The molecular formula is C11H16ClNO2. The van der Waals surface area contributed by atoms with Crippen molar-refractivity contribution >= 4 is 11.6 Å². The van der Waals surface area contributed by atoms with Crippen LogP contribution in [0.4, 0.5) is 0 Å². The first-order valence-electron chi connectivity index (χ1n) is 4.76. The second-order valence-electron chi connectivity index (χ2n) is 3.34. The quantitative estimate of drug-likeness (QED) is 0.863. The molecular weight excluding hydrogens is 214 g/mol. The van der Waals surface area contributed by atoms with E-state index in [9.17, 15) is 0 Å². The number of ether oxygens (including phenoxy) is 2. The van der Waals surface area contributed by atoms with Crippen molar-refractivity contribution < 1.29 is 9.47 Å². The summed E-state index contributed by atoms with van der Waals surface area (Å²) in [5.74, 6) is 1.45. The van der Waals surface area contributed by atoms with Gasteiger partial charge in [0, 0.05) is 5.56 Å². The SMILES string of the molecule is COc1c(Cl)ccc(C(C)CN)c1OC. The smallest absolute Gasteiger partial charge is 0.179 e. The predicted octanol–water partition coefficient (Wildman–Crippen LogP) is 2.42. The van der Waals surface area contributed by atoms with E-state index in [1.807, 2.05) is 13.0 Å². The van der Waals surface area contributed by atoms with Crippen molar-refractivity contribution in [3.05, 3.63) is 22.7 Å². The zero-order valence-corrected chi connectivity index (χ0v) is 9.97. The van der Waals surface area contributed by atoms with E-state index in [2.05, 4.69) is 0 Å². The Balaban J connectivity index is 3.28. The summed E-state index contributed by atoms with van der Waals surface area (Å²) >= 11 is 5.99. The van der Waals surface area contributed by atoms with E-state index in [0.29, 0.717) is 23.1 Å². The number of hydrogen-bond donors (Lipinski definition) is 1. The van der Waals surface area contributed by atoms with Crippen LogP contribution in [0.5, 0.6) is 11.5 Å².